The van der Waals surface area contributed by atoms with E-state index in [1.807, 2.05) is 80.6 Å². The Bertz CT molecular complexity index is 3770. The van der Waals surface area contributed by atoms with Crippen molar-refractivity contribution >= 4 is 43.6 Å². The number of benzene rings is 7. The Kier molecular flexibility index (Phi) is 8.68. The molecule has 0 unspecified atom stereocenters. The fraction of sp³-hybridized carbons (Fsp3) is 0.0370. The highest BCUT2D eigenvalue weighted by molar-refractivity contribution is 6.13. The van der Waals surface area contributed by atoms with Gasteiger partial charge in [0.2, 0.25) is 0 Å². The van der Waals surface area contributed by atoms with Crippen LogP contribution in [-0.2, 0) is 0 Å². The number of nitrogens with zero attached hydrogens (tertiary/aromatic N) is 8. The number of hydrogen-bond donors (Lipinski definition) is 0. The third-order valence-corrected chi connectivity index (χ3v) is 11.6. The highest BCUT2D eigenvalue weighted by Crippen LogP contribution is 2.43. The summed E-state index contributed by atoms with van der Waals surface area (Å²) < 4.78 is 4.44. The van der Waals surface area contributed by atoms with Gasteiger partial charge < -0.3 is 9.13 Å². The maximum atomic E-state index is 11.0. The smallest absolute Gasteiger partial charge is 0.0998 e. The summed E-state index contributed by atoms with van der Waals surface area (Å²) in [6, 6.07) is 58.6. The Balaban J connectivity index is 1.35. The van der Waals surface area contributed by atoms with Gasteiger partial charge in [0.05, 0.1) is 91.6 Å². The zero-order chi connectivity index (χ0) is 42.6. The highest BCUT2D eigenvalue weighted by atomic mass is 15.1. The minimum absolute atomic E-state index is 0.397. The summed E-state index contributed by atoms with van der Waals surface area (Å²) in [5, 5.41) is 54.7. The molecule has 0 aliphatic rings. The van der Waals surface area contributed by atoms with Gasteiger partial charge in [-0.2, -0.15) is 26.3 Å². The Morgan fingerprint density at radius 3 is 1.27 bits per heavy atom. The second-order valence-corrected chi connectivity index (χ2v) is 15.3. The number of rotatable bonds is 5. The number of aromatic nitrogens is 3. The largest absolute Gasteiger partial charge is 0.307 e. The zero-order valence-electron chi connectivity index (χ0n) is 33.4. The normalized spacial score (nSPS) is 11.0. The molecule has 0 aliphatic carbocycles. The lowest BCUT2D eigenvalue weighted by Gasteiger charge is -2.20. The van der Waals surface area contributed by atoms with Crippen LogP contribution in [-0.4, -0.2) is 14.1 Å². The topological polar surface area (TPSA) is 142 Å². The number of para-hydroxylation sites is 2. The Morgan fingerprint density at radius 1 is 0.371 bits per heavy atom. The lowest BCUT2D eigenvalue weighted by Crippen LogP contribution is -2.06. The molecule has 8 nitrogen and oxygen atoms in total. The zero-order valence-corrected chi connectivity index (χ0v) is 33.4. The minimum atomic E-state index is 0.397. The first kappa shape index (κ1) is 37.0. The van der Waals surface area contributed by atoms with E-state index in [4.69, 9.17) is 0 Å². The van der Waals surface area contributed by atoms with Gasteiger partial charge in [-0.05, 0) is 114 Å². The summed E-state index contributed by atoms with van der Waals surface area (Å²) in [5.41, 5.74) is 13.6. The number of nitriles is 5. The van der Waals surface area contributed by atoms with Gasteiger partial charge in [-0.3, -0.25) is 4.98 Å². The Labute approximate surface area is 356 Å². The first-order valence-corrected chi connectivity index (χ1v) is 19.8. The van der Waals surface area contributed by atoms with Gasteiger partial charge in [-0.1, -0.05) is 72.8 Å². The van der Waals surface area contributed by atoms with Crippen molar-refractivity contribution in [2.75, 3.05) is 0 Å². The summed E-state index contributed by atoms with van der Waals surface area (Å²) in [7, 11) is 0. The second kappa shape index (κ2) is 14.5. The molecule has 62 heavy (non-hydrogen) atoms. The molecular formula is C54H30N8. The summed E-state index contributed by atoms with van der Waals surface area (Å²) in [6.07, 6.45) is 0. The van der Waals surface area contributed by atoms with Gasteiger partial charge in [-0.15, -0.1) is 0 Å². The molecule has 7 aromatic carbocycles. The van der Waals surface area contributed by atoms with Crippen LogP contribution < -0.4 is 0 Å². The van der Waals surface area contributed by atoms with E-state index in [9.17, 15) is 26.3 Å². The first-order chi connectivity index (χ1) is 30.3. The van der Waals surface area contributed by atoms with E-state index < -0.39 is 0 Å². The van der Waals surface area contributed by atoms with Crippen molar-refractivity contribution in [1.82, 2.24) is 14.1 Å². The van der Waals surface area contributed by atoms with Crippen molar-refractivity contribution in [1.29, 1.82) is 26.3 Å². The summed E-state index contributed by atoms with van der Waals surface area (Å²) in [5.74, 6) is 0. The van der Waals surface area contributed by atoms with Gasteiger partial charge in [0.25, 0.3) is 0 Å². The summed E-state index contributed by atoms with van der Waals surface area (Å²) in [6.45, 7) is 3.90. The van der Waals surface area contributed by atoms with Gasteiger partial charge in [-0.25, -0.2) is 0 Å². The van der Waals surface area contributed by atoms with Gasteiger partial charge in [0.15, 0.2) is 0 Å². The molecule has 3 heterocycles. The molecule has 10 rings (SSSR count). The quantitative estimate of drug-likeness (QED) is 0.170. The van der Waals surface area contributed by atoms with E-state index in [0.717, 1.165) is 88.6 Å². The minimum Gasteiger partial charge on any atom is -0.307 e. The molecule has 0 radical (unpaired) electrons. The molecule has 0 spiro atoms. The Morgan fingerprint density at radius 2 is 0.806 bits per heavy atom. The Hall–Kier alpha value is -9.26. The van der Waals surface area contributed by atoms with E-state index in [2.05, 4.69) is 99.1 Å². The van der Waals surface area contributed by atoms with Crippen LogP contribution in [0.1, 0.15) is 39.2 Å². The van der Waals surface area contributed by atoms with Gasteiger partial charge >= 0.3 is 0 Å². The van der Waals surface area contributed by atoms with Crippen LogP contribution in [0.2, 0.25) is 0 Å². The summed E-state index contributed by atoms with van der Waals surface area (Å²) >= 11 is 0. The van der Waals surface area contributed by atoms with Crippen molar-refractivity contribution < 1.29 is 0 Å². The number of aryl methyl sites for hydroxylation is 2. The standard InChI is InChI=1S/C54H30N8/c1-32-19-38(20-33(2)60-32)48-26-54(62-50-10-6-4-8-45(50)47-18-14-37(24-52(47)62)43-16-12-35(28-56)22-40(43)30-58)53(25-41(48)31-59)61-49-9-5-3-7-44(49)46-17-13-36(23-51(46)61)42-15-11-34(27-55)21-39(42)29-57/h3-26H,1-2H3. The number of pyridine rings is 1. The molecule has 0 saturated heterocycles. The van der Waals surface area contributed by atoms with Gasteiger partial charge in [0.1, 0.15) is 0 Å². The van der Waals surface area contributed by atoms with E-state index in [-0.39, 0.29) is 0 Å². The average Bonchev–Trinajstić information content (AvgIpc) is 3.82. The van der Waals surface area contributed by atoms with Crippen molar-refractivity contribution in [2.45, 2.75) is 13.8 Å². The van der Waals surface area contributed by atoms with Crippen molar-refractivity contribution in [2.24, 2.45) is 0 Å². The number of fused-ring (bicyclic) bond motifs is 6. The molecule has 10 aromatic rings. The summed E-state index contributed by atoms with van der Waals surface area (Å²) in [4.78, 5) is 4.65. The van der Waals surface area contributed by atoms with Crippen LogP contribution in [0.4, 0.5) is 0 Å². The maximum absolute atomic E-state index is 11.0. The van der Waals surface area contributed by atoms with Crippen molar-refractivity contribution in [3.05, 3.63) is 185 Å². The molecule has 0 saturated carbocycles. The molecule has 0 bridgehead atoms. The molecule has 0 aliphatic heterocycles. The molecular weight excluding hydrogens is 761 g/mol. The monoisotopic (exact) mass is 790 g/mol. The van der Waals surface area contributed by atoms with Crippen LogP contribution in [0.15, 0.2) is 146 Å². The highest BCUT2D eigenvalue weighted by Gasteiger charge is 2.24. The molecule has 0 fully saturated rings. The lowest BCUT2D eigenvalue weighted by atomic mass is 9.96. The van der Waals surface area contributed by atoms with Crippen LogP contribution in [0.3, 0.4) is 0 Å². The van der Waals surface area contributed by atoms with E-state index >= 15 is 0 Å². The van der Waals surface area contributed by atoms with E-state index in [0.29, 0.717) is 38.9 Å². The van der Waals surface area contributed by atoms with E-state index in [1.165, 1.54) is 0 Å². The average molecular weight is 791 g/mol. The molecule has 8 heteroatoms. The third kappa shape index (κ3) is 5.83. The lowest BCUT2D eigenvalue weighted by molar-refractivity contribution is 1.09. The predicted octanol–water partition coefficient (Wildman–Crippen LogP) is 12.3. The number of hydrogen-bond acceptors (Lipinski definition) is 6. The van der Waals surface area contributed by atoms with Crippen LogP contribution in [0.25, 0.3) is 88.4 Å². The molecule has 0 amide bonds. The van der Waals surface area contributed by atoms with Crippen molar-refractivity contribution in [3.8, 4) is 75.1 Å². The fourth-order valence-corrected chi connectivity index (χ4v) is 8.97. The predicted molar refractivity (Wildman–Crippen MR) is 242 cm³/mol. The molecule has 3 aromatic heterocycles. The maximum Gasteiger partial charge on any atom is 0.0998 e. The molecule has 0 N–H and O–H groups in total. The third-order valence-electron chi connectivity index (χ3n) is 11.6. The van der Waals surface area contributed by atoms with Crippen LogP contribution in [0.5, 0.6) is 0 Å². The first-order valence-electron chi connectivity index (χ1n) is 19.8. The fourth-order valence-electron chi connectivity index (χ4n) is 8.97. The SMILES string of the molecule is Cc1cc(-c2cc(-n3c4ccccc4c4ccc(-c5ccc(C#N)cc5C#N)cc43)c(-n3c4ccccc4c4ccc(-c5ccc(C#N)cc5C#N)cc43)cc2C#N)cc(C)n1. The van der Waals surface area contributed by atoms with Gasteiger partial charge in [0, 0.05) is 38.5 Å². The van der Waals surface area contributed by atoms with Crippen LogP contribution >= 0.6 is 0 Å². The molecule has 0 atom stereocenters. The van der Waals surface area contributed by atoms with E-state index in [1.54, 1.807) is 24.3 Å². The second-order valence-electron chi connectivity index (χ2n) is 15.3. The van der Waals surface area contributed by atoms with Crippen molar-refractivity contribution in [3.63, 3.8) is 0 Å². The van der Waals surface area contributed by atoms with Crippen LogP contribution in [0, 0.1) is 70.5 Å². The molecule has 286 valence electrons.